The van der Waals surface area contributed by atoms with E-state index < -0.39 is 5.97 Å². The highest BCUT2D eigenvalue weighted by Gasteiger charge is 2.28. The lowest BCUT2D eigenvalue weighted by Crippen LogP contribution is -2.19. The molecule has 1 saturated carbocycles. The maximum absolute atomic E-state index is 8.89. The maximum atomic E-state index is 8.89. The van der Waals surface area contributed by atoms with Gasteiger partial charge in [0.25, 0.3) is 0 Å². The van der Waals surface area contributed by atoms with E-state index in [1.54, 1.807) is 0 Å². The molecule has 4 heteroatoms. The molecule has 1 aliphatic carbocycles. The Morgan fingerprint density at radius 2 is 1.20 bits per heavy atom. The average Bonchev–Trinajstić information content (AvgIpc) is 2.77. The van der Waals surface area contributed by atoms with Gasteiger partial charge in [0.1, 0.15) is 5.75 Å². The summed E-state index contributed by atoms with van der Waals surface area (Å²) in [6.45, 7) is 0.972. The molecule has 0 atom stereocenters. The van der Waals surface area contributed by atoms with Gasteiger partial charge in [0.15, 0.2) is 14.7 Å². The fraction of sp³-hybridized carbons (Fsp3) is 0.269. The van der Waals surface area contributed by atoms with Crippen molar-refractivity contribution in [3.05, 3.63) is 84.9 Å². The molecule has 0 spiro atoms. The van der Waals surface area contributed by atoms with Gasteiger partial charge < -0.3 is 14.6 Å². The van der Waals surface area contributed by atoms with Crippen molar-refractivity contribution in [2.75, 3.05) is 0 Å². The lowest BCUT2D eigenvalue weighted by Gasteiger charge is -2.23. The zero-order chi connectivity index (χ0) is 21.2. The van der Waals surface area contributed by atoms with Crippen LogP contribution in [0.3, 0.4) is 0 Å². The van der Waals surface area contributed by atoms with Crippen molar-refractivity contribution < 1.29 is 14.6 Å². The molecule has 0 N–H and O–H groups in total. The van der Waals surface area contributed by atoms with E-state index in [0.29, 0.717) is 6.10 Å². The summed E-state index contributed by atoms with van der Waals surface area (Å²) in [6.07, 6.45) is 6.74. The molecular weight excluding hydrogens is 392 g/mol. The number of ether oxygens (including phenoxy) is 1. The van der Waals surface area contributed by atoms with Gasteiger partial charge in [-0.25, -0.2) is 0 Å². The third-order valence-electron chi connectivity index (χ3n) is 4.87. The SMILES string of the molecule is CC(=O)[O-].c1ccc([S+](c2ccccc2)c2ccc(OC3CCCCC3)cc2)cc1. The third kappa shape index (κ3) is 6.67. The summed E-state index contributed by atoms with van der Waals surface area (Å²) in [6, 6.07) is 30.3. The van der Waals surface area contributed by atoms with Gasteiger partial charge in [-0.3, -0.25) is 0 Å². The van der Waals surface area contributed by atoms with Gasteiger partial charge in [-0.05, 0) is 81.1 Å². The van der Waals surface area contributed by atoms with E-state index in [0.717, 1.165) is 12.7 Å². The summed E-state index contributed by atoms with van der Waals surface area (Å²) >= 11 is 0. The van der Waals surface area contributed by atoms with Crippen LogP contribution in [-0.2, 0) is 15.7 Å². The number of benzene rings is 3. The molecule has 1 fully saturated rings. The van der Waals surface area contributed by atoms with E-state index in [1.807, 2.05) is 0 Å². The zero-order valence-corrected chi connectivity index (χ0v) is 18.1. The first-order valence-electron chi connectivity index (χ1n) is 10.4. The minimum atomic E-state index is -1.08. The van der Waals surface area contributed by atoms with Crippen LogP contribution >= 0.6 is 0 Å². The van der Waals surface area contributed by atoms with Crippen LogP contribution in [0.1, 0.15) is 39.0 Å². The molecule has 0 saturated heterocycles. The van der Waals surface area contributed by atoms with Gasteiger partial charge in [0, 0.05) is 5.97 Å². The minimum Gasteiger partial charge on any atom is -0.550 e. The van der Waals surface area contributed by atoms with E-state index in [1.165, 1.54) is 46.8 Å². The first-order valence-corrected chi connectivity index (χ1v) is 11.6. The van der Waals surface area contributed by atoms with E-state index in [2.05, 4.69) is 84.9 Å². The monoisotopic (exact) mass is 420 g/mol. The van der Waals surface area contributed by atoms with E-state index >= 15 is 0 Å². The van der Waals surface area contributed by atoms with Crippen molar-refractivity contribution >= 4 is 16.9 Å². The number of carbonyl (C=O) groups excluding carboxylic acids is 1. The number of carbonyl (C=O) groups is 1. The molecular formula is C26H28O3S. The summed E-state index contributed by atoms with van der Waals surface area (Å²) in [4.78, 5) is 12.9. The molecule has 0 unspecified atom stereocenters. The summed E-state index contributed by atoms with van der Waals surface area (Å²) in [5, 5.41) is 8.89. The first kappa shape index (κ1) is 22.0. The van der Waals surface area contributed by atoms with E-state index in [9.17, 15) is 0 Å². The predicted octanol–water partition coefficient (Wildman–Crippen LogP) is 5.25. The largest absolute Gasteiger partial charge is 0.550 e. The first-order chi connectivity index (χ1) is 14.6. The Morgan fingerprint density at radius 1 is 0.767 bits per heavy atom. The van der Waals surface area contributed by atoms with Gasteiger partial charge in [-0.2, -0.15) is 0 Å². The van der Waals surface area contributed by atoms with Crippen LogP contribution in [0.5, 0.6) is 5.75 Å². The summed E-state index contributed by atoms with van der Waals surface area (Å²) in [5.41, 5.74) is 0. The lowest BCUT2D eigenvalue weighted by molar-refractivity contribution is -0.302. The highest BCUT2D eigenvalue weighted by Crippen LogP contribution is 2.32. The molecule has 30 heavy (non-hydrogen) atoms. The Balaban J connectivity index is 0.000000589. The van der Waals surface area contributed by atoms with Crippen molar-refractivity contribution in [2.45, 2.75) is 59.8 Å². The number of carboxylic acid groups (broad SMARTS) is 1. The Morgan fingerprint density at radius 3 is 1.67 bits per heavy atom. The van der Waals surface area contributed by atoms with Crippen molar-refractivity contribution in [1.29, 1.82) is 0 Å². The van der Waals surface area contributed by atoms with Crippen molar-refractivity contribution in [2.24, 2.45) is 0 Å². The lowest BCUT2D eigenvalue weighted by atomic mass is 9.98. The Hall–Kier alpha value is -2.72. The third-order valence-corrected chi connectivity index (χ3v) is 7.10. The molecule has 0 bridgehead atoms. The number of hydrogen-bond acceptors (Lipinski definition) is 3. The molecule has 3 aromatic rings. The number of aliphatic carboxylic acids is 1. The molecule has 4 rings (SSSR count). The van der Waals surface area contributed by atoms with Crippen LogP contribution in [0.15, 0.2) is 99.6 Å². The molecule has 0 radical (unpaired) electrons. The van der Waals surface area contributed by atoms with E-state index in [4.69, 9.17) is 14.6 Å². The Bertz CT molecular complexity index is 845. The maximum Gasteiger partial charge on any atom is 0.166 e. The Kier molecular flexibility index (Phi) is 8.40. The number of carboxylic acids is 1. The summed E-state index contributed by atoms with van der Waals surface area (Å²) in [7, 11) is -0.0852. The minimum absolute atomic E-state index is 0.0852. The normalized spacial score (nSPS) is 13.9. The second kappa shape index (κ2) is 11.5. The number of rotatable bonds is 5. The molecule has 1 aliphatic rings. The topological polar surface area (TPSA) is 49.4 Å². The Labute approximate surface area is 182 Å². The van der Waals surface area contributed by atoms with Gasteiger partial charge in [0.2, 0.25) is 0 Å². The quantitative estimate of drug-likeness (QED) is 0.530. The fourth-order valence-electron chi connectivity index (χ4n) is 3.55. The molecule has 0 aliphatic heterocycles. The van der Waals surface area contributed by atoms with E-state index in [-0.39, 0.29) is 10.9 Å². The van der Waals surface area contributed by atoms with Crippen molar-refractivity contribution in [1.82, 2.24) is 0 Å². The van der Waals surface area contributed by atoms with Crippen LogP contribution in [-0.4, -0.2) is 12.1 Å². The van der Waals surface area contributed by atoms with Crippen molar-refractivity contribution in [3.8, 4) is 5.75 Å². The summed E-state index contributed by atoms with van der Waals surface area (Å²) in [5.74, 6) is -0.0784. The molecule has 0 aromatic heterocycles. The smallest absolute Gasteiger partial charge is 0.166 e. The highest BCUT2D eigenvalue weighted by molar-refractivity contribution is 7.97. The van der Waals surface area contributed by atoms with Gasteiger partial charge in [0.05, 0.1) is 17.0 Å². The highest BCUT2D eigenvalue weighted by atomic mass is 32.2. The average molecular weight is 421 g/mol. The predicted molar refractivity (Wildman–Crippen MR) is 120 cm³/mol. The number of hydrogen-bond donors (Lipinski definition) is 0. The second-order valence-corrected chi connectivity index (χ2v) is 9.30. The van der Waals surface area contributed by atoms with Crippen LogP contribution in [0.2, 0.25) is 0 Å². The standard InChI is InChI=1S/C24H25OS.C2H4O2/c1-4-10-20(11-5-1)25-21-16-18-24(19-17-21)26(22-12-6-2-7-13-22)23-14-8-3-9-15-23;1-2(3)4/h2-3,6-9,12-20H,1,4-5,10-11H2;1H3,(H,3,4)/q+1;/p-1. The van der Waals surface area contributed by atoms with Gasteiger partial charge in [-0.1, -0.05) is 42.8 Å². The van der Waals surface area contributed by atoms with Gasteiger partial charge in [-0.15, -0.1) is 0 Å². The molecule has 156 valence electrons. The van der Waals surface area contributed by atoms with Crippen LogP contribution in [0.4, 0.5) is 0 Å². The van der Waals surface area contributed by atoms with Crippen LogP contribution in [0, 0.1) is 0 Å². The molecule has 3 aromatic carbocycles. The molecule has 0 amide bonds. The molecule has 3 nitrogen and oxygen atoms in total. The zero-order valence-electron chi connectivity index (χ0n) is 17.3. The van der Waals surface area contributed by atoms with Crippen LogP contribution < -0.4 is 9.84 Å². The fourth-order valence-corrected chi connectivity index (χ4v) is 5.63. The van der Waals surface area contributed by atoms with Gasteiger partial charge >= 0.3 is 0 Å². The second-order valence-electron chi connectivity index (χ2n) is 7.27. The van der Waals surface area contributed by atoms with Crippen molar-refractivity contribution in [3.63, 3.8) is 0 Å². The molecule has 0 heterocycles. The summed E-state index contributed by atoms with van der Waals surface area (Å²) < 4.78 is 6.20. The van der Waals surface area contributed by atoms with Crippen LogP contribution in [0.25, 0.3) is 0 Å².